The van der Waals surface area contributed by atoms with Gasteiger partial charge in [-0.3, -0.25) is 0 Å². The number of hydrogen-bond acceptors (Lipinski definition) is 0. The minimum Gasteiger partial charge on any atom is -0.0651 e. The summed E-state index contributed by atoms with van der Waals surface area (Å²) in [7, 11) is 0. The van der Waals surface area contributed by atoms with Gasteiger partial charge in [-0.25, -0.2) is 0 Å². The number of rotatable bonds is 6. The number of hydrogen-bond donors (Lipinski definition) is 0. The summed E-state index contributed by atoms with van der Waals surface area (Å²) in [6, 6.07) is 0. The molecule has 0 amide bonds. The maximum atomic E-state index is 2.53. The van der Waals surface area contributed by atoms with E-state index in [-0.39, 0.29) is 0 Å². The standard InChI is InChI=1S/C27H48/c1-4-21(5-2)24-14-9-15-25(24)27-18-26(23(27)6-3)22-13-8-11-19-10-7-12-20(16-19)17-22/h19-27H,4-18H2,1-3H3/t19?,20-,22?,23?,24?,25?,26?,27?/m0/s1. The highest BCUT2D eigenvalue weighted by Gasteiger charge is 2.50. The average molecular weight is 373 g/mol. The Labute approximate surface area is 170 Å². The van der Waals surface area contributed by atoms with Crippen LogP contribution in [0, 0.1) is 53.3 Å². The van der Waals surface area contributed by atoms with Gasteiger partial charge in [-0.05, 0) is 85.4 Å². The van der Waals surface area contributed by atoms with Crippen molar-refractivity contribution in [3.8, 4) is 0 Å². The van der Waals surface area contributed by atoms with E-state index in [1.165, 1.54) is 25.7 Å². The van der Waals surface area contributed by atoms with Crippen LogP contribution in [0.3, 0.4) is 0 Å². The van der Waals surface area contributed by atoms with Gasteiger partial charge in [0.2, 0.25) is 0 Å². The molecular formula is C27H48. The molecule has 0 N–H and O–H groups in total. The molecule has 0 aromatic carbocycles. The average Bonchev–Trinajstić information content (AvgIpc) is 3.10. The Morgan fingerprint density at radius 2 is 1.33 bits per heavy atom. The normalized spacial score (nSPS) is 45.3. The van der Waals surface area contributed by atoms with Gasteiger partial charge in [0.05, 0.1) is 0 Å². The lowest BCUT2D eigenvalue weighted by atomic mass is 9.51. The predicted molar refractivity (Wildman–Crippen MR) is 118 cm³/mol. The zero-order valence-electron chi connectivity index (χ0n) is 18.8. The summed E-state index contributed by atoms with van der Waals surface area (Å²) >= 11 is 0. The summed E-state index contributed by atoms with van der Waals surface area (Å²) in [4.78, 5) is 0. The molecule has 4 aliphatic rings. The van der Waals surface area contributed by atoms with Crippen molar-refractivity contribution in [3.63, 3.8) is 0 Å². The first-order chi connectivity index (χ1) is 13.2. The van der Waals surface area contributed by atoms with Crippen molar-refractivity contribution in [1.82, 2.24) is 0 Å². The van der Waals surface area contributed by atoms with E-state index in [0.717, 1.165) is 53.3 Å². The third kappa shape index (κ3) is 4.16. The van der Waals surface area contributed by atoms with Gasteiger partial charge in [0, 0.05) is 0 Å². The van der Waals surface area contributed by atoms with Crippen molar-refractivity contribution in [1.29, 1.82) is 0 Å². The summed E-state index contributed by atoms with van der Waals surface area (Å²) in [6.07, 6.45) is 23.2. The first-order valence-electron chi connectivity index (χ1n) is 13.2. The maximum absolute atomic E-state index is 2.53. The molecule has 0 radical (unpaired) electrons. The van der Waals surface area contributed by atoms with Crippen molar-refractivity contribution in [2.45, 2.75) is 117 Å². The molecule has 0 heteroatoms. The molecule has 0 nitrogen and oxygen atoms in total. The monoisotopic (exact) mass is 372 g/mol. The molecule has 27 heavy (non-hydrogen) atoms. The Morgan fingerprint density at radius 3 is 2.07 bits per heavy atom. The third-order valence-corrected chi connectivity index (χ3v) is 10.3. The summed E-state index contributed by atoms with van der Waals surface area (Å²) in [5.74, 6) is 9.83. The fourth-order valence-electron chi connectivity index (χ4n) is 8.94. The van der Waals surface area contributed by atoms with Gasteiger partial charge < -0.3 is 0 Å². The van der Waals surface area contributed by atoms with Gasteiger partial charge in [-0.2, -0.15) is 0 Å². The molecule has 0 spiro atoms. The van der Waals surface area contributed by atoms with Gasteiger partial charge in [-0.15, -0.1) is 0 Å². The fourth-order valence-corrected chi connectivity index (χ4v) is 8.94. The molecule has 4 rings (SSSR count). The molecular weight excluding hydrogens is 324 g/mol. The molecule has 0 aromatic rings. The second-order valence-electron chi connectivity index (χ2n) is 11.3. The van der Waals surface area contributed by atoms with E-state index in [1.54, 1.807) is 70.6 Å². The van der Waals surface area contributed by atoms with E-state index >= 15 is 0 Å². The smallest absolute Gasteiger partial charge is 0.0349 e. The van der Waals surface area contributed by atoms with Crippen LogP contribution in [0.4, 0.5) is 0 Å². The van der Waals surface area contributed by atoms with Crippen LogP contribution in [0.1, 0.15) is 117 Å². The zero-order chi connectivity index (χ0) is 18.8. The first-order valence-corrected chi connectivity index (χ1v) is 13.2. The van der Waals surface area contributed by atoms with Crippen LogP contribution >= 0.6 is 0 Å². The highest BCUT2D eigenvalue weighted by molar-refractivity contribution is 4.99. The third-order valence-electron chi connectivity index (χ3n) is 10.3. The minimum atomic E-state index is 1.02. The van der Waals surface area contributed by atoms with Crippen molar-refractivity contribution < 1.29 is 0 Å². The lowest BCUT2D eigenvalue weighted by molar-refractivity contribution is -0.0485. The summed E-state index contributed by atoms with van der Waals surface area (Å²) in [5, 5.41) is 0. The fraction of sp³-hybridized carbons (Fsp3) is 1.00. The second kappa shape index (κ2) is 9.21. The van der Waals surface area contributed by atoms with E-state index in [0.29, 0.717) is 0 Å². The van der Waals surface area contributed by atoms with E-state index in [2.05, 4.69) is 20.8 Å². The topological polar surface area (TPSA) is 0 Å². The highest BCUT2D eigenvalue weighted by Crippen LogP contribution is 2.58. The zero-order valence-corrected chi connectivity index (χ0v) is 18.8. The molecule has 0 aromatic heterocycles. The molecule has 2 bridgehead atoms. The quantitative estimate of drug-likeness (QED) is 0.438. The predicted octanol–water partition coefficient (Wildman–Crippen LogP) is 8.50. The molecule has 156 valence electrons. The van der Waals surface area contributed by atoms with Crippen molar-refractivity contribution >= 4 is 0 Å². The maximum Gasteiger partial charge on any atom is -0.0349 e. The van der Waals surface area contributed by atoms with Crippen LogP contribution in [-0.2, 0) is 0 Å². The lowest BCUT2D eigenvalue weighted by Gasteiger charge is -2.54. The molecule has 0 saturated heterocycles. The van der Waals surface area contributed by atoms with Gasteiger partial charge in [-0.1, -0.05) is 85.0 Å². The molecule has 4 saturated carbocycles. The summed E-state index contributed by atoms with van der Waals surface area (Å²) < 4.78 is 0. The Bertz CT molecular complexity index is 449. The van der Waals surface area contributed by atoms with Crippen LogP contribution in [-0.4, -0.2) is 0 Å². The van der Waals surface area contributed by atoms with Crippen molar-refractivity contribution in [3.05, 3.63) is 0 Å². The molecule has 4 fully saturated rings. The van der Waals surface area contributed by atoms with Gasteiger partial charge in [0.25, 0.3) is 0 Å². The summed E-state index contributed by atoms with van der Waals surface area (Å²) in [5.41, 5.74) is 0. The molecule has 8 atom stereocenters. The lowest BCUT2D eigenvalue weighted by Crippen LogP contribution is -2.46. The first kappa shape index (κ1) is 20.3. The van der Waals surface area contributed by atoms with Crippen LogP contribution in [0.2, 0.25) is 0 Å². The Balaban J connectivity index is 1.39. The number of fused-ring (bicyclic) bond motifs is 2. The SMILES string of the molecule is CCC(CC)C1CCCC1C1CC(C2CCCC3CCC[C@@H](C3)C2)C1CC. The van der Waals surface area contributed by atoms with Gasteiger partial charge in [0.15, 0.2) is 0 Å². The Kier molecular flexibility index (Phi) is 6.92. The van der Waals surface area contributed by atoms with Gasteiger partial charge in [0.1, 0.15) is 0 Å². The van der Waals surface area contributed by atoms with Crippen molar-refractivity contribution in [2.75, 3.05) is 0 Å². The van der Waals surface area contributed by atoms with Crippen LogP contribution in [0.25, 0.3) is 0 Å². The molecule has 0 heterocycles. The van der Waals surface area contributed by atoms with E-state index in [1.807, 2.05) is 0 Å². The molecule has 0 aliphatic heterocycles. The van der Waals surface area contributed by atoms with E-state index in [9.17, 15) is 0 Å². The second-order valence-corrected chi connectivity index (χ2v) is 11.3. The molecule has 4 aliphatic carbocycles. The van der Waals surface area contributed by atoms with Crippen LogP contribution < -0.4 is 0 Å². The van der Waals surface area contributed by atoms with Gasteiger partial charge >= 0.3 is 0 Å². The Hall–Kier alpha value is 0. The van der Waals surface area contributed by atoms with Crippen LogP contribution in [0.5, 0.6) is 0 Å². The van der Waals surface area contributed by atoms with Crippen LogP contribution in [0.15, 0.2) is 0 Å². The minimum absolute atomic E-state index is 1.02. The molecule has 7 unspecified atom stereocenters. The largest absolute Gasteiger partial charge is 0.0651 e. The van der Waals surface area contributed by atoms with E-state index < -0.39 is 0 Å². The highest BCUT2D eigenvalue weighted by atomic mass is 14.6. The van der Waals surface area contributed by atoms with E-state index in [4.69, 9.17) is 0 Å². The summed E-state index contributed by atoms with van der Waals surface area (Å²) in [6.45, 7) is 7.44. The van der Waals surface area contributed by atoms with Crippen molar-refractivity contribution in [2.24, 2.45) is 53.3 Å². The Morgan fingerprint density at radius 1 is 0.630 bits per heavy atom.